The Morgan fingerprint density at radius 2 is 2.12 bits per heavy atom. The molecule has 0 aromatic heterocycles. The molecule has 3 atom stereocenters. The van der Waals surface area contributed by atoms with Gasteiger partial charge >= 0.3 is 0 Å². The van der Waals surface area contributed by atoms with Crippen molar-refractivity contribution in [1.29, 1.82) is 0 Å². The van der Waals surface area contributed by atoms with Gasteiger partial charge in [-0.1, -0.05) is 24.3 Å². The van der Waals surface area contributed by atoms with E-state index in [0.29, 0.717) is 18.2 Å². The highest BCUT2D eigenvalue weighted by Crippen LogP contribution is 2.20. The molecule has 2 heteroatoms. The maximum atomic E-state index is 5.82. The third-order valence-electron chi connectivity index (χ3n) is 3.63. The van der Waals surface area contributed by atoms with Crippen LogP contribution in [0.1, 0.15) is 43.9 Å². The zero-order valence-electron chi connectivity index (χ0n) is 11.1. The summed E-state index contributed by atoms with van der Waals surface area (Å²) in [7, 11) is 0. The van der Waals surface area contributed by atoms with E-state index in [0.717, 1.165) is 6.54 Å². The molecule has 2 rings (SSSR count). The lowest BCUT2D eigenvalue weighted by molar-refractivity contribution is 0.0546. The van der Waals surface area contributed by atoms with Crippen LogP contribution in [0.25, 0.3) is 0 Å². The smallest absolute Gasteiger partial charge is 0.0704 e. The van der Waals surface area contributed by atoms with E-state index in [1.165, 1.54) is 24.0 Å². The SMILES string of the molecule is Cc1ccccc1[C@H](C)NCC1CCC(C)O1. The zero-order valence-corrected chi connectivity index (χ0v) is 11.1. The molecule has 0 spiro atoms. The van der Waals surface area contributed by atoms with Crippen LogP contribution in [0.15, 0.2) is 24.3 Å². The molecular formula is C15H23NO. The van der Waals surface area contributed by atoms with Crippen LogP contribution in [0.2, 0.25) is 0 Å². The van der Waals surface area contributed by atoms with Gasteiger partial charge in [0.25, 0.3) is 0 Å². The molecule has 0 bridgehead atoms. The predicted molar refractivity (Wildman–Crippen MR) is 71.2 cm³/mol. The Hall–Kier alpha value is -0.860. The summed E-state index contributed by atoms with van der Waals surface area (Å²) in [5.74, 6) is 0. The van der Waals surface area contributed by atoms with Gasteiger partial charge in [0.05, 0.1) is 12.2 Å². The molecular weight excluding hydrogens is 210 g/mol. The van der Waals surface area contributed by atoms with Gasteiger partial charge in [-0.2, -0.15) is 0 Å². The highest BCUT2D eigenvalue weighted by Gasteiger charge is 2.22. The van der Waals surface area contributed by atoms with Crippen LogP contribution >= 0.6 is 0 Å². The third kappa shape index (κ3) is 3.30. The van der Waals surface area contributed by atoms with E-state index in [2.05, 4.69) is 50.4 Å². The van der Waals surface area contributed by atoms with Gasteiger partial charge in [-0.05, 0) is 44.7 Å². The second-order valence-corrected chi connectivity index (χ2v) is 5.13. The lowest BCUT2D eigenvalue weighted by atomic mass is 10.0. The molecule has 1 N–H and O–H groups in total. The summed E-state index contributed by atoms with van der Waals surface area (Å²) < 4.78 is 5.82. The van der Waals surface area contributed by atoms with E-state index in [-0.39, 0.29) is 0 Å². The van der Waals surface area contributed by atoms with E-state index in [4.69, 9.17) is 4.74 Å². The molecule has 1 aromatic carbocycles. The number of nitrogens with one attached hydrogen (secondary N) is 1. The van der Waals surface area contributed by atoms with Crippen LogP contribution in [0, 0.1) is 6.92 Å². The maximum Gasteiger partial charge on any atom is 0.0704 e. The summed E-state index contributed by atoms with van der Waals surface area (Å²) in [6, 6.07) is 8.96. The van der Waals surface area contributed by atoms with Crippen LogP contribution in [0.3, 0.4) is 0 Å². The topological polar surface area (TPSA) is 21.3 Å². The van der Waals surface area contributed by atoms with E-state index in [9.17, 15) is 0 Å². The van der Waals surface area contributed by atoms with Crippen LogP contribution in [0.4, 0.5) is 0 Å². The molecule has 94 valence electrons. The van der Waals surface area contributed by atoms with Crippen LogP contribution < -0.4 is 5.32 Å². The largest absolute Gasteiger partial charge is 0.374 e. The Bertz CT molecular complexity index is 364. The monoisotopic (exact) mass is 233 g/mol. The van der Waals surface area contributed by atoms with Crippen molar-refractivity contribution >= 4 is 0 Å². The molecule has 17 heavy (non-hydrogen) atoms. The molecule has 0 aliphatic carbocycles. The van der Waals surface area contributed by atoms with E-state index in [1.54, 1.807) is 0 Å². The summed E-state index contributed by atoms with van der Waals surface area (Å²) >= 11 is 0. The fraction of sp³-hybridized carbons (Fsp3) is 0.600. The Kier molecular flexibility index (Phi) is 4.19. The first kappa shape index (κ1) is 12.6. The predicted octanol–water partition coefficient (Wildman–Crippen LogP) is 3.21. The molecule has 1 aliphatic rings. The van der Waals surface area contributed by atoms with Gasteiger partial charge in [-0.25, -0.2) is 0 Å². The van der Waals surface area contributed by atoms with Crippen LogP contribution in [0.5, 0.6) is 0 Å². The number of aryl methyl sites for hydroxylation is 1. The second-order valence-electron chi connectivity index (χ2n) is 5.13. The van der Waals surface area contributed by atoms with Gasteiger partial charge in [-0.3, -0.25) is 0 Å². The Morgan fingerprint density at radius 3 is 2.76 bits per heavy atom. The van der Waals surface area contributed by atoms with Gasteiger partial charge in [0.1, 0.15) is 0 Å². The molecule has 2 nitrogen and oxygen atoms in total. The van der Waals surface area contributed by atoms with Gasteiger partial charge < -0.3 is 10.1 Å². The molecule has 0 amide bonds. The first-order chi connectivity index (χ1) is 8.16. The van der Waals surface area contributed by atoms with Crippen LogP contribution in [-0.4, -0.2) is 18.8 Å². The number of ether oxygens (including phenoxy) is 1. The van der Waals surface area contributed by atoms with Crippen molar-refractivity contribution < 1.29 is 4.74 Å². The Labute approximate surface area is 104 Å². The summed E-state index contributed by atoms with van der Waals surface area (Å²) in [5, 5.41) is 3.58. The summed E-state index contributed by atoms with van der Waals surface area (Å²) in [5.41, 5.74) is 2.74. The normalized spacial score (nSPS) is 26.1. The first-order valence-electron chi connectivity index (χ1n) is 6.61. The number of hydrogen-bond donors (Lipinski definition) is 1. The molecule has 0 radical (unpaired) electrons. The lowest BCUT2D eigenvalue weighted by Crippen LogP contribution is -2.29. The molecule has 1 saturated heterocycles. The standard InChI is InChI=1S/C15H23NO/c1-11-6-4-5-7-15(11)13(3)16-10-14-9-8-12(2)17-14/h4-7,12-14,16H,8-10H2,1-3H3/t12?,13-,14?/m0/s1. The minimum absolute atomic E-state index is 0.399. The van der Waals surface area contributed by atoms with Crippen molar-refractivity contribution in [2.24, 2.45) is 0 Å². The van der Waals surface area contributed by atoms with Crippen molar-refractivity contribution in [2.75, 3.05) is 6.54 Å². The highest BCUT2D eigenvalue weighted by molar-refractivity contribution is 5.28. The molecule has 1 fully saturated rings. The number of rotatable bonds is 4. The van der Waals surface area contributed by atoms with Gasteiger partial charge in [0.2, 0.25) is 0 Å². The van der Waals surface area contributed by atoms with Crippen molar-refractivity contribution in [2.45, 2.75) is 51.9 Å². The minimum Gasteiger partial charge on any atom is -0.374 e. The van der Waals surface area contributed by atoms with Gasteiger partial charge in [0, 0.05) is 12.6 Å². The van der Waals surface area contributed by atoms with Gasteiger partial charge in [0.15, 0.2) is 0 Å². The quantitative estimate of drug-likeness (QED) is 0.862. The minimum atomic E-state index is 0.399. The molecule has 1 aliphatic heterocycles. The average Bonchev–Trinajstić information content (AvgIpc) is 2.73. The van der Waals surface area contributed by atoms with E-state index >= 15 is 0 Å². The number of hydrogen-bond acceptors (Lipinski definition) is 2. The van der Waals surface area contributed by atoms with Crippen molar-refractivity contribution in [3.8, 4) is 0 Å². The number of benzene rings is 1. The third-order valence-corrected chi connectivity index (χ3v) is 3.63. The summed E-state index contributed by atoms with van der Waals surface area (Å²) in [6.07, 6.45) is 3.23. The highest BCUT2D eigenvalue weighted by atomic mass is 16.5. The van der Waals surface area contributed by atoms with Crippen LogP contribution in [-0.2, 0) is 4.74 Å². The van der Waals surface area contributed by atoms with Crippen molar-refractivity contribution in [1.82, 2.24) is 5.32 Å². The second kappa shape index (κ2) is 5.65. The zero-order chi connectivity index (χ0) is 12.3. The van der Waals surface area contributed by atoms with Crippen molar-refractivity contribution in [3.05, 3.63) is 35.4 Å². The van der Waals surface area contributed by atoms with Gasteiger partial charge in [-0.15, -0.1) is 0 Å². The molecule has 1 aromatic rings. The van der Waals surface area contributed by atoms with E-state index in [1.807, 2.05) is 0 Å². The average molecular weight is 233 g/mol. The summed E-state index contributed by atoms with van der Waals surface area (Å²) in [6.45, 7) is 7.51. The lowest BCUT2D eigenvalue weighted by Gasteiger charge is -2.19. The van der Waals surface area contributed by atoms with E-state index < -0.39 is 0 Å². The molecule has 2 unspecified atom stereocenters. The maximum absolute atomic E-state index is 5.82. The Balaban J connectivity index is 1.85. The molecule has 0 saturated carbocycles. The Morgan fingerprint density at radius 1 is 1.35 bits per heavy atom. The fourth-order valence-electron chi connectivity index (χ4n) is 2.53. The molecule has 1 heterocycles. The fourth-order valence-corrected chi connectivity index (χ4v) is 2.53. The first-order valence-corrected chi connectivity index (χ1v) is 6.61. The summed E-state index contributed by atoms with van der Waals surface area (Å²) in [4.78, 5) is 0. The van der Waals surface area contributed by atoms with Crippen molar-refractivity contribution in [3.63, 3.8) is 0 Å².